The van der Waals surface area contributed by atoms with Crippen LogP contribution < -0.4 is 5.32 Å². The Hall–Kier alpha value is 0.380. The van der Waals surface area contributed by atoms with E-state index in [1.165, 1.54) is 11.1 Å². The number of halogens is 3. The highest BCUT2D eigenvalue weighted by molar-refractivity contribution is 14.1. The van der Waals surface area contributed by atoms with Crippen molar-refractivity contribution in [3.05, 3.63) is 53.2 Å². The second kappa shape index (κ2) is 6.02. The van der Waals surface area contributed by atoms with Crippen LogP contribution in [0.5, 0.6) is 0 Å². The number of nitrogens with one attached hydrogen (secondary N) is 1. The summed E-state index contributed by atoms with van der Waals surface area (Å²) in [6.45, 7) is 0. The Morgan fingerprint density at radius 3 is 2.71 bits per heavy atom. The first-order valence-electron chi connectivity index (χ1n) is 4.97. The average Bonchev–Trinajstić information content (AvgIpc) is 2.71. The summed E-state index contributed by atoms with van der Waals surface area (Å²) in [5, 5.41) is 8.37. The average molecular weight is 443 g/mol. The molecule has 1 N–H and O–H groups in total. The normalized spacial score (nSPS) is 12.7. The Bertz CT molecular complexity index is 529. The van der Waals surface area contributed by atoms with Gasteiger partial charge in [0.15, 0.2) is 0 Å². The molecule has 5 heteroatoms. The lowest BCUT2D eigenvalue weighted by Gasteiger charge is -2.17. The highest BCUT2D eigenvalue weighted by Crippen LogP contribution is 2.33. The summed E-state index contributed by atoms with van der Waals surface area (Å²) in [5.41, 5.74) is 2.42. The van der Waals surface area contributed by atoms with E-state index in [2.05, 4.69) is 60.7 Å². The predicted octanol–water partition coefficient (Wildman–Crippen LogP) is 5.08. The molecule has 0 aliphatic heterocycles. The zero-order valence-corrected chi connectivity index (χ0v) is 14.3. The smallest absolute Gasteiger partial charge is 0.0594 e. The number of benzene rings is 1. The van der Waals surface area contributed by atoms with E-state index in [1.54, 1.807) is 11.3 Å². The van der Waals surface area contributed by atoms with Crippen molar-refractivity contribution in [1.29, 1.82) is 0 Å². The van der Waals surface area contributed by atoms with Crippen molar-refractivity contribution in [2.45, 2.75) is 6.04 Å². The first-order valence-corrected chi connectivity index (χ1v) is 8.16. The molecule has 0 fully saturated rings. The van der Waals surface area contributed by atoms with E-state index in [4.69, 9.17) is 11.6 Å². The van der Waals surface area contributed by atoms with Crippen molar-refractivity contribution >= 4 is 61.5 Å². The molecule has 1 aromatic carbocycles. The van der Waals surface area contributed by atoms with Crippen molar-refractivity contribution in [2.24, 2.45) is 0 Å². The fraction of sp³-hybridized carbons (Fsp3) is 0.167. The van der Waals surface area contributed by atoms with Crippen molar-refractivity contribution in [2.75, 3.05) is 7.05 Å². The van der Waals surface area contributed by atoms with E-state index in [-0.39, 0.29) is 6.04 Å². The highest BCUT2D eigenvalue weighted by Gasteiger charge is 2.16. The summed E-state index contributed by atoms with van der Waals surface area (Å²) >= 11 is 13.7. The van der Waals surface area contributed by atoms with Crippen LogP contribution in [0.25, 0.3) is 0 Å². The van der Waals surface area contributed by atoms with Crippen molar-refractivity contribution in [1.82, 2.24) is 5.32 Å². The number of rotatable bonds is 3. The maximum absolute atomic E-state index is 6.17. The van der Waals surface area contributed by atoms with Gasteiger partial charge < -0.3 is 5.32 Å². The molecule has 2 aromatic rings. The van der Waals surface area contributed by atoms with Gasteiger partial charge in [0, 0.05) is 13.4 Å². The summed E-state index contributed by atoms with van der Waals surface area (Å²) < 4.78 is 2.21. The van der Waals surface area contributed by atoms with Gasteiger partial charge in [-0.25, -0.2) is 0 Å². The van der Waals surface area contributed by atoms with Crippen LogP contribution in [0, 0.1) is 3.57 Å². The number of hydrogen-bond donors (Lipinski definition) is 1. The molecule has 1 heterocycles. The molecule has 0 radical (unpaired) electrons. The third kappa shape index (κ3) is 3.04. The molecular formula is C12H10BrClINS. The summed E-state index contributed by atoms with van der Waals surface area (Å²) in [4.78, 5) is 0. The van der Waals surface area contributed by atoms with Gasteiger partial charge in [0.05, 0.1) is 11.1 Å². The van der Waals surface area contributed by atoms with Gasteiger partial charge in [-0.3, -0.25) is 0 Å². The standard InChI is InChI=1S/C12H10BrClINS/c1-16-12(8-5-17-6-9(8)13)7-2-3-11(15)10(14)4-7/h2-6,12,16H,1H3. The van der Waals surface area contributed by atoms with Gasteiger partial charge in [0.1, 0.15) is 0 Å². The molecule has 1 aromatic heterocycles. The molecule has 2 rings (SSSR count). The second-order valence-electron chi connectivity index (χ2n) is 3.57. The third-order valence-electron chi connectivity index (χ3n) is 2.52. The first kappa shape index (κ1) is 13.8. The molecule has 0 spiro atoms. The van der Waals surface area contributed by atoms with Crippen LogP contribution in [0.3, 0.4) is 0 Å². The molecule has 0 saturated heterocycles. The van der Waals surface area contributed by atoms with Crippen LogP contribution in [-0.2, 0) is 0 Å². The second-order valence-corrected chi connectivity index (χ2v) is 6.74. The van der Waals surface area contributed by atoms with Gasteiger partial charge >= 0.3 is 0 Å². The highest BCUT2D eigenvalue weighted by atomic mass is 127. The summed E-state index contributed by atoms with van der Waals surface area (Å²) in [5.74, 6) is 0. The molecule has 17 heavy (non-hydrogen) atoms. The zero-order chi connectivity index (χ0) is 12.4. The fourth-order valence-electron chi connectivity index (χ4n) is 1.69. The largest absolute Gasteiger partial charge is 0.309 e. The monoisotopic (exact) mass is 441 g/mol. The lowest BCUT2D eigenvalue weighted by atomic mass is 10.0. The molecule has 0 aliphatic rings. The maximum Gasteiger partial charge on any atom is 0.0594 e. The van der Waals surface area contributed by atoms with Crippen LogP contribution in [0.4, 0.5) is 0 Å². The van der Waals surface area contributed by atoms with Crippen molar-refractivity contribution in [3.63, 3.8) is 0 Å². The van der Waals surface area contributed by atoms with Crippen LogP contribution in [-0.4, -0.2) is 7.05 Å². The van der Waals surface area contributed by atoms with Crippen LogP contribution in [0.15, 0.2) is 33.4 Å². The molecule has 1 nitrogen and oxygen atoms in total. The predicted molar refractivity (Wildman–Crippen MR) is 87.1 cm³/mol. The van der Waals surface area contributed by atoms with E-state index in [1.807, 2.05) is 19.2 Å². The molecule has 90 valence electrons. The van der Waals surface area contributed by atoms with Gasteiger partial charge in [-0.2, -0.15) is 11.3 Å². The van der Waals surface area contributed by atoms with E-state index in [9.17, 15) is 0 Å². The van der Waals surface area contributed by atoms with Gasteiger partial charge in [-0.05, 0) is 74.2 Å². The Kier molecular flexibility index (Phi) is 4.88. The minimum absolute atomic E-state index is 0.171. The Balaban J connectivity index is 2.42. The SMILES string of the molecule is CNC(c1ccc(I)c(Cl)c1)c1cscc1Br. The summed E-state index contributed by atoms with van der Waals surface area (Å²) in [6.07, 6.45) is 0. The van der Waals surface area contributed by atoms with Gasteiger partial charge in [0.25, 0.3) is 0 Å². The molecule has 1 unspecified atom stereocenters. The van der Waals surface area contributed by atoms with Crippen molar-refractivity contribution < 1.29 is 0 Å². The Labute approximate surface area is 132 Å². The van der Waals surface area contributed by atoms with Crippen LogP contribution in [0.2, 0.25) is 5.02 Å². The van der Waals surface area contributed by atoms with E-state index in [0.29, 0.717) is 0 Å². The van der Waals surface area contributed by atoms with Gasteiger partial charge in [-0.15, -0.1) is 0 Å². The lowest BCUT2D eigenvalue weighted by molar-refractivity contribution is 0.691. The van der Waals surface area contributed by atoms with Gasteiger partial charge in [-0.1, -0.05) is 17.7 Å². The number of thiophene rings is 1. The van der Waals surface area contributed by atoms with Crippen LogP contribution in [0.1, 0.15) is 17.2 Å². The minimum atomic E-state index is 0.171. The quantitative estimate of drug-likeness (QED) is 0.654. The molecule has 0 amide bonds. The Morgan fingerprint density at radius 1 is 1.41 bits per heavy atom. The fourth-order valence-corrected chi connectivity index (χ4v) is 3.77. The lowest BCUT2D eigenvalue weighted by Crippen LogP contribution is -2.17. The Morgan fingerprint density at radius 2 is 2.18 bits per heavy atom. The third-order valence-corrected chi connectivity index (χ3v) is 5.84. The first-order chi connectivity index (χ1) is 8.13. The molecule has 0 aliphatic carbocycles. The van der Waals surface area contributed by atoms with Crippen LogP contribution >= 0.6 is 61.5 Å². The maximum atomic E-state index is 6.17. The molecule has 0 bridgehead atoms. The molecule has 0 saturated carbocycles. The van der Waals surface area contributed by atoms with E-state index in [0.717, 1.165) is 13.1 Å². The number of hydrogen-bond acceptors (Lipinski definition) is 2. The zero-order valence-electron chi connectivity index (χ0n) is 9.01. The summed E-state index contributed by atoms with van der Waals surface area (Å²) in [6, 6.07) is 6.35. The molecular weight excluding hydrogens is 432 g/mol. The minimum Gasteiger partial charge on any atom is -0.309 e. The topological polar surface area (TPSA) is 12.0 Å². The summed E-state index contributed by atoms with van der Waals surface area (Å²) in [7, 11) is 1.96. The van der Waals surface area contributed by atoms with Gasteiger partial charge in [0.2, 0.25) is 0 Å². The van der Waals surface area contributed by atoms with E-state index < -0.39 is 0 Å². The molecule has 1 atom stereocenters. The van der Waals surface area contributed by atoms with E-state index >= 15 is 0 Å². The van der Waals surface area contributed by atoms with Crippen molar-refractivity contribution in [3.8, 4) is 0 Å².